The Morgan fingerprint density at radius 2 is 1.81 bits per heavy atom. The summed E-state index contributed by atoms with van der Waals surface area (Å²) >= 11 is 0. The summed E-state index contributed by atoms with van der Waals surface area (Å²) in [5.41, 5.74) is 0.102. The van der Waals surface area contributed by atoms with E-state index in [1.165, 1.54) is 0 Å². The van der Waals surface area contributed by atoms with Crippen LogP contribution >= 0.6 is 0 Å². The Morgan fingerprint density at radius 1 is 1.44 bits per heavy atom. The average molecular weight is 237 g/mol. The molecule has 2 N–H and O–H groups in total. The van der Waals surface area contributed by atoms with Gasteiger partial charge in [0.1, 0.15) is 0 Å². The molecule has 1 fully saturated rings. The predicted octanol–water partition coefficient (Wildman–Crippen LogP) is 1.50. The van der Waals surface area contributed by atoms with Crippen LogP contribution in [-0.4, -0.2) is 30.3 Å². The molecule has 92 valence electrons. The van der Waals surface area contributed by atoms with Crippen LogP contribution in [0.2, 0.25) is 0 Å². The molecule has 0 atom stereocenters. The number of aliphatic carboxylic acids is 1. The number of nitrogens with one attached hydrogen (secondary N) is 1. The van der Waals surface area contributed by atoms with Gasteiger partial charge in [-0.2, -0.15) is 13.2 Å². The van der Waals surface area contributed by atoms with Crippen molar-refractivity contribution < 1.29 is 23.1 Å². The van der Waals surface area contributed by atoms with Crippen LogP contribution in [0.5, 0.6) is 0 Å². The largest absolute Gasteiger partial charge is 0.490 e. The number of carbonyl (C=O) groups is 1. The van der Waals surface area contributed by atoms with Crippen molar-refractivity contribution in [2.75, 3.05) is 13.1 Å². The molecule has 1 aliphatic heterocycles. The van der Waals surface area contributed by atoms with Gasteiger partial charge in [-0.3, -0.25) is 0 Å². The maximum atomic E-state index is 10.6. The van der Waals surface area contributed by atoms with Crippen molar-refractivity contribution in [2.45, 2.75) is 20.0 Å². The molecule has 16 heavy (non-hydrogen) atoms. The molecule has 0 amide bonds. The first-order valence-electron chi connectivity index (χ1n) is 4.60. The van der Waals surface area contributed by atoms with Crippen LogP contribution in [0.4, 0.5) is 13.2 Å². The molecule has 0 aliphatic carbocycles. The summed E-state index contributed by atoms with van der Waals surface area (Å²) in [6.45, 7) is 6.44. The zero-order valence-corrected chi connectivity index (χ0v) is 9.06. The number of terminal acetylenes is 1. The second-order valence-electron chi connectivity index (χ2n) is 4.02. The van der Waals surface area contributed by atoms with E-state index in [4.69, 9.17) is 16.3 Å². The molecule has 0 spiro atoms. The second kappa shape index (κ2) is 5.21. The fourth-order valence-corrected chi connectivity index (χ4v) is 0.917. The van der Waals surface area contributed by atoms with E-state index in [1.54, 1.807) is 0 Å². The summed E-state index contributed by atoms with van der Waals surface area (Å²) in [6.07, 6.45) is 0.256. The lowest BCUT2D eigenvalue weighted by Gasteiger charge is -2.37. The van der Waals surface area contributed by atoms with Crippen molar-refractivity contribution in [3.63, 3.8) is 0 Å². The third kappa shape index (κ3) is 4.53. The molecule has 0 radical (unpaired) electrons. The first kappa shape index (κ1) is 14.8. The van der Waals surface area contributed by atoms with E-state index >= 15 is 0 Å². The highest BCUT2D eigenvalue weighted by molar-refractivity contribution is 5.73. The Balaban J connectivity index is 0.000000293. The van der Waals surface area contributed by atoms with E-state index in [0.717, 1.165) is 13.1 Å². The quantitative estimate of drug-likeness (QED) is 0.679. The lowest BCUT2D eigenvalue weighted by molar-refractivity contribution is -0.192. The Morgan fingerprint density at radius 3 is 1.88 bits per heavy atom. The van der Waals surface area contributed by atoms with Crippen LogP contribution < -0.4 is 5.32 Å². The molecule has 1 saturated heterocycles. The van der Waals surface area contributed by atoms with E-state index in [0.29, 0.717) is 5.92 Å². The van der Waals surface area contributed by atoms with Gasteiger partial charge in [0.05, 0.1) is 0 Å². The molecule has 6 heteroatoms. The maximum absolute atomic E-state index is 10.6. The third-order valence-electron chi connectivity index (χ3n) is 2.42. The smallest absolute Gasteiger partial charge is 0.475 e. The molecule has 0 unspecified atom stereocenters. The normalized spacial score (nSPS) is 16.5. The molecular weight excluding hydrogens is 223 g/mol. The van der Waals surface area contributed by atoms with E-state index in [1.807, 2.05) is 0 Å². The SMILES string of the molecule is C#CC(C)(C)C1CNC1.O=C(O)C(F)(F)F. The molecular formula is C10H14F3NO2. The Kier molecular flexibility index (Phi) is 4.81. The minimum atomic E-state index is -5.08. The first-order chi connectivity index (χ1) is 7.11. The third-order valence-corrected chi connectivity index (χ3v) is 2.42. The molecule has 0 aromatic carbocycles. The lowest BCUT2D eigenvalue weighted by Crippen LogP contribution is -2.49. The van der Waals surface area contributed by atoms with Crippen LogP contribution in [0.3, 0.4) is 0 Å². The molecule has 3 nitrogen and oxygen atoms in total. The van der Waals surface area contributed by atoms with Crippen molar-refractivity contribution in [1.82, 2.24) is 5.32 Å². The maximum Gasteiger partial charge on any atom is 0.490 e. The minimum Gasteiger partial charge on any atom is -0.475 e. The number of hydrogen-bond donors (Lipinski definition) is 2. The molecule has 0 bridgehead atoms. The van der Waals surface area contributed by atoms with Gasteiger partial charge in [-0.1, -0.05) is 0 Å². The second-order valence-corrected chi connectivity index (χ2v) is 4.02. The van der Waals surface area contributed by atoms with Crippen LogP contribution in [-0.2, 0) is 4.79 Å². The monoisotopic (exact) mass is 237 g/mol. The molecule has 0 saturated carbocycles. The van der Waals surface area contributed by atoms with E-state index in [-0.39, 0.29) is 5.41 Å². The van der Waals surface area contributed by atoms with E-state index in [2.05, 4.69) is 25.1 Å². The van der Waals surface area contributed by atoms with Crippen molar-refractivity contribution in [1.29, 1.82) is 0 Å². The topological polar surface area (TPSA) is 49.3 Å². The minimum absolute atomic E-state index is 0.102. The van der Waals surface area contributed by atoms with Gasteiger partial charge in [0.25, 0.3) is 0 Å². The van der Waals surface area contributed by atoms with Gasteiger partial charge >= 0.3 is 12.1 Å². The number of alkyl halides is 3. The Hall–Kier alpha value is -1.22. The highest BCUT2D eigenvalue weighted by Gasteiger charge is 2.38. The van der Waals surface area contributed by atoms with Crippen molar-refractivity contribution in [3.8, 4) is 12.3 Å². The van der Waals surface area contributed by atoms with Gasteiger partial charge in [-0.15, -0.1) is 12.3 Å². The zero-order chi connectivity index (χ0) is 13.0. The highest BCUT2D eigenvalue weighted by atomic mass is 19.4. The molecule has 1 rings (SSSR count). The summed E-state index contributed by atoms with van der Waals surface area (Å²) in [5.74, 6) is 0.743. The van der Waals surface area contributed by atoms with Crippen LogP contribution in [0.1, 0.15) is 13.8 Å². The van der Waals surface area contributed by atoms with Gasteiger partial charge in [0, 0.05) is 18.5 Å². The van der Waals surface area contributed by atoms with Crippen LogP contribution in [0.15, 0.2) is 0 Å². The zero-order valence-electron chi connectivity index (χ0n) is 9.06. The number of hydrogen-bond acceptors (Lipinski definition) is 2. The van der Waals surface area contributed by atoms with Gasteiger partial charge < -0.3 is 10.4 Å². The number of carboxylic acid groups (broad SMARTS) is 1. The number of rotatable bonds is 1. The molecule has 0 aromatic rings. The van der Waals surface area contributed by atoms with Gasteiger partial charge in [0.15, 0.2) is 0 Å². The highest BCUT2D eigenvalue weighted by Crippen LogP contribution is 2.28. The average Bonchev–Trinajstić information content (AvgIpc) is 1.99. The fraction of sp³-hybridized carbons (Fsp3) is 0.700. The molecule has 0 aromatic heterocycles. The van der Waals surface area contributed by atoms with Gasteiger partial charge in [-0.25, -0.2) is 4.79 Å². The van der Waals surface area contributed by atoms with Gasteiger partial charge in [-0.05, 0) is 19.8 Å². The van der Waals surface area contributed by atoms with Gasteiger partial charge in [0.2, 0.25) is 0 Å². The molecule has 1 aliphatic rings. The van der Waals surface area contributed by atoms with Crippen molar-refractivity contribution >= 4 is 5.97 Å². The first-order valence-corrected chi connectivity index (χ1v) is 4.60. The number of halogens is 3. The lowest BCUT2D eigenvalue weighted by atomic mass is 9.76. The van der Waals surface area contributed by atoms with E-state index < -0.39 is 12.1 Å². The summed E-state index contributed by atoms with van der Waals surface area (Å²) in [5, 5.41) is 10.3. The standard InChI is InChI=1S/C8H13N.C2HF3O2/c1-4-8(2,3)7-5-9-6-7;3-2(4,5)1(6)7/h1,7,9H,5-6H2,2-3H3;(H,6,7). The van der Waals surface area contributed by atoms with Crippen LogP contribution in [0, 0.1) is 23.7 Å². The Bertz CT molecular complexity index is 287. The van der Waals surface area contributed by atoms with E-state index in [9.17, 15) is 13.2 Å². The fourth-order valence-electron chi connectivity index (χ4n) is 0.917. The van der Waals surface area contributed by atoms with Crippen LogP contribution in [0.25, 0.3) is 0 Å². The summed E-state index contributed by atoms with van der Waals surface area (Å²) < 4.78 is 31.7. The van der Waals surface area contributed by atoms with Crippen molar-refractivity contribution in [2.24, 2.45) is 11.3 Å². The molecule has 1 heterocycles. The van der Waals surface area contributed by atoms with Crippen molar-refractivity contribution in [3.05, 3.63) is 0 Å². The Labute approximate surface area is 92.0 Å². The predicted molar refractivity (Wildman–Crippen MR) is 52.7 cm³/mol. The summed E-state index contributed by atoms with van der Waals surface area (Å²) in [6, 6.07) is 0. The summed E-state index contributed by atoms with van der Waals surface area (Å²) in [7, 11) is 0. The summed E-state index contributed by atoms with van der Waals surface area (Å²) in [4.78, 5) is 8.90. The number of carboxylic acids is 1.